The number of anilines is 1. The zero-order valence-corrected chi connectivity index (χ0v) is 11.4. The van der Waals surface area contributed by atoms with Crippen LogP contribution in [0.2, 0.25) is 10.0 Å². The molecule has 1 aromatic carbocycles. The molecule has 17 heavy (non-hydrogen) atoms. The zero-order chi connectivity index (χ0) is 12.4. The van der Waals surface area contributed by atoms with Crippen molar-refractivity contribution in [1.82, 2.24) is 10.2 Å². The van der Waals surface area contributed by atoms with Crippen LogP contribution < -0.4 is 5.32 Å². The molecular formula is C10H6BrCl2N3O. The van der Waals surface area contributed by atoms with Crippen molar-refractivity contribution in [1.29, 1.82) is 0 Å². The van der Waals surface area contributed by atoms with Gasteiger partial charge in [0.15, 0.2) is 0 Å². The normalized spacial score (nSPS) is 10.3. The summed E-state index contributed by atoms with van der Waals surface area (Å²) in [6.07, 6.45) is 1.49. The van der Waals surface area contributed by atoms with Gasteiger partial charge in [-0.15, -0.1) is 0 Å². The van der Waals surface area contributed by atoms with Gasteiger partial charge in [0, 0.05) is 0 Å². The van der Waals surface area contributed by atoms with E-state index in [0.717, 1.165) is 0 Å². The SMILES string of the molecule is O=C(Nc1c(Cl)cccc1Cl)c1[nH]ncc1Br. The quantitative estimate of drug-likeness (QED) is 0.879. The van der Waals surface area contributed by atoms with Gasteiger partial charge >= 0.3 is 0 Å². The van der Waals surface area contributed by atoms with Crippen molar-refractivity contribution in [3.8, 4) is 0 Å². The fourth-order valence-electron chi connectivity index (χ4n) is 1.22. The lowest BCUT2D eigenvalue weighted by Crippen LogP contribution is -2.13. The summed E-state index contributed by atoms with van der Waals surface area (Å²) in [5.41, 5.74) is 0.684. The molecule has 88 valence electrons. The van der Waals surface area contributed by atoms with Gasteiger partial charge in [-0.05, 0) is 28.1 Å². The van der Waals surface area contributed by atoms with Crippen LogP contribution in [0.3, 0.4) is 0 Å². The molecule has 4 nitrogen and oxygen atoms in total. The number of carbonyl (C=O) groups excluding carboxylic acids is 1. The van der Waals surface area contributed by atoms with E-state index in [0.29, 0.717) is 25.9 Å². The lowest BCUT2D eigenvalue weighted by Gasteiger charge is -2.08. The number of hydrogen-bond acceptors (Lipinski definition) is 2. The van der Waals surface area contributed by atoms with Crippen molar-refractivity contribution < 1.29 is 4.79 Å². The van der Waals surface area contributed by atoms with E-state index in [4.69, 9.17) is 23.2 Å². The summed E-state index contributed by atoms with van der Waals surface area (Å²) in [5, 5.41) is 9.67. The van der Waals surface area contributed by atoms with Crippen LogP contribution in [0.4, 0.5) is 5.69 Å². The first-order valence-corrected chi connectivity index (χ1v) is 6.08. The molecule has 7 heteroatoms. The second kappa shape index (κ2) is 5.08. The molecule has 0 aliphatic heterocycles. The number of hydrogen-bond donors (Lipinski definition) is 2. The zero-order valence-electron chi connectivity index (χ0n) is 8.30. The number of rotatable bonds is 2. The minimum Gasteiger partial charge on any atom is -0.318 e. The fraction of sp³-hybridized carbons (Fsp3) is 0. The fourth-order valence-corrected chi connectivity index (χ4v) is 2.09. The van der Waals surface area contributed by atoms with Crippen LogP contribution in [-0.2, 0) is 0 Å². The van der Waals surface area contributed by atoms with Crippen molar-refractivity contribution in [2.75, 3.05) is 5.32 Å². The lowest BCUT2D eigenvalue weighted by atomic mass is 10.3. The number of halogens is 3. The third-order valence-corrected chi connectivity index (χ3v) is 3.25. The number of benzene rings is 1. The molecule has 1 amide bonds. The van der Waals surface area contributed by atoms with Crippen LogP contribution in [0.1, 0.15) is 10.5 Å². The molecule has 0 bridgehead atoms. The summed E-state index contributed by atoms with van der Waals surface area (Å²) in [7, 11) is 0. The number of para-hydroxylation sites is 1. The van der Waals surface area contributed by atoms with E-state index in [2.05, 4.69) is 31.4 Å². The van der Waals surface area contributed by atoms with Gasteiger partial charge in [0.2, 0.25) is 0 Å². The number of aromatic nitrogens is 2. The molecule has 0 aliphatic rings. The van der Waals surface area contributed by atoms with Gasteiger partial charge in [-0.3, -0.25) is 9.89 Å². The summed E-state index contributed by atoms with van der Waals surface area (Å²) in [4.78, 5) is 11.9. The van der Waals surface area contributed by atoms with Crippen molar-refractivity contribution >= 4 is 50.7 Å². The van der Waals surface area contributed by atoms with Gasteiger partial charge in [-0.1, -0.05) is 29.3 Å². The first kappa shape index (κ1) is 12.4. The van der Waals surface area contributed by atoms with Crippen molar-refractivity contribution in [2.45, 2.75) is 0 Å². The first-order valence-electron chi connectivity index (χ1n) is 4.54. The second-order valence-electron chi connectivity index (χ2n) is 3.14. The highest BCUT2D eigenvalue weighted by molar-refractivity contribution is 9.10. The van der Waals surface area contributed by atoms with Gasteiger partial charge in [0.1, 0.15) is 5.69 Å². The average molecular weight is 335 g/mol. The maximum atomic E-state index is 11.9. The van der Waals surface area contributed by atoms with E-state index >= 15 is 0 Å². The average Bonchev–Trinajstić information content (AvgIpc) is 2.70. The standard InChI is InChI=1S/C10H6BrCl2N3O/c11-5-4-14-16-8(5)10(17)15-9-6(12)2-1-3-7(9)13/h1-4H,(H,14,16)(H,15,17). The van der Waals surface area contributed by atoms with Crippen LogP contribution >= 0.6 is 39.1 Å². The summed E-state index contributed by atoms with van der Waals surface area (Å²) in [5.74, 6) is -0.371. The Kier molecular flexibility index (Phi) is 3.71. The van der Waals surface area contributed by atoms with Crippen molar-refractivity contribution in [3.05, 3.63) is 44.6 Å². The van der Waals surface area contributed by atoms with E-state index in [-0.39, 0.29) is 5.91 Å². The lowest BCUT2D eigenvalue weighted by molar-refractivity contribution is 0.102. The van der Waals surface area contributed by atoms with Gasteiger partial charge in [-0.2, -0.15) is 5.10 Å². The summed E-state index contributed by atoms with van der Waals surface area (Å²) in [6.45, 7) is 0. The molecule has 2 rings (SSSR count). The molecule has 2 aromatic rings. The number of nitrogens with zero attached hydrogens (tertiary/aromatic N) is 1. The van der Waals surface area contributed by atoms with Crippen LogP contribution in [-0.4, -0.2) is 16.1 Å². The Hall–Kier alpha value is -1.04. The number of H-pyrrole nitrogens is 1. The molecule has 0 unspecified atom stereocenters. The molecule has 2 N–H and O–H groups in total. The highest BCUT2D eigenvalue weighted by atomic mass is 79.9. The summed E-state index contributed by atoms with van der Waals surface area (Å²) >= 11 is 15.1. The topological polar surface area (TPSA) is 57.8 Å². The van der Waals surface area contributed by atoms with Crippen LogP contribution in [0.25, 0.3) is 0 Å². The molecule has 0 aliphatic carbocycles. The monoisotopic (exact) mass is 333 g/mol. The highest BCUT2D eigenvalue weighted by Gasteiger charge is 2.15. The van der Waals surface area contributed by atoms with Gasteiger partial charge in [0.05, 0.1) is 26.4 Å². The molecule has 1 heterocycles. The predicted molar refractivity (Wildman–Crippen MR) is 70.7 cm³/mol. The summed E-state index contributed by atoms with van der Waals surface area (Å²) < 4.78 is 0.568. The van der Waals surface area contributed by atoms with Gasteiger partial charge in [-0.25, -0.2) is 0 Å². The minimum atomic E-state index is -0.371. The number of carbonyl (C=O) groups is 1. The largest absolute Gasteiger partial charge is 0.318 e. The molecule has 0 fully saturated rings. The Morgan fingerprint density at radius 3 is 2.53 bits per heavy atom. The maximum absolute atomic E-state index is 11.9. The van der Waals surface area contributed by atoms with Crippen molar-refractivity contribution in [2.24, 2.45) is 0 Å². The van der Waals surface area contributed by atoms with E-state index < -0.39 is 0 Å². The first-order chi connectivity index (χ1) is 8.09. The number of aromatic amines is 1. The van der Waals surface area contributed by atoms with E-state index in [1.807, 2.05) is 0 Å². The Morgan fingerprint density at radius 1 is 1.35 bits per heavy atom. The summed E-state index contributed by atoms with van der Waals surface area (Å²) in [6, 6.07) is 4.99. The third kappa shape index (κ3) is 2.62. The molecule has 1 aromatic heterocycles. The minimum absolute atomic E-state index is 0.306. The highest BCUT2D eigenvalue weighted by Crippen LogP contribution is 2.30. The molecular weight excluding hydrogens is 329 g/mol. The Labute approximate surface area is 115 Å². The second-order valence-corrected chi connectivity index (χ2v) is 4.81. The predicted octanol–water partition coefficient (Wildman–Crippen LogP) is 3.73. The van der Waals surface area contributed by atoms with E-state index in [9.17, 15) is 4.79 Å². The van der Waals surface area contributed by atoms with E-state index in [1.165, 1.54) is 6.20 Å². The molecule has 0 radical (unpaired) electrons. The Bertz CT molecular complexity index is 550. The Morgan fingerprint density at radius 2 is 2.00 bits per heavy atom. The van der Waals surface area contributed by atoms with Crippen LogP contribution in [0.15, 0.2) is 28.9 Å². The molecule has 0 spiro atoms. The van der Waals surface area contributed by atoms with Crippen LogP contribution in [0, 0.1) is 0 Å². The molecule has 0 saturated heterocycles. The number of nitrogens with one attached hydrogen (secondary N) is 2. The molecule has 0 atom stereocenters. The molecule has 0 saturated carbocycles. The van der Waals surface area contributed by atoms with Gasteiger partial charge in [0.25, 0.3) is 5.91 Å². The number of amides is 1. The van der Waals surface area contributed by atoms with Crippen molar-refractivity contribution in [3.63, 3.8) is 0 Å². The smallest absolute Gasteiger partial charge is 0.274 e. The third-order valence-electron chi connectivity index (χ3n) is 2.02. The van der Waals surface area contributed by atoms with E-state index in [1.54, 1.807) is 18.2 Å². The Balaban J connectivity index is 2.28. The van der Waals surface area contributed by atoms with Crippen LogP contribution in [0.5, 0.6) is 0 Å². The maximum Gasteiger partial charge on any atom is 0.274 e. The van der Waals surface area contributed by atoms with Gasteiger partial charge < -0.3 is 5.32 Å².